The number of alkyl halides is 2. The molecule has 1 rings (SSSR count). The van der Waals surface area contributed by atoms with Gasteiger partial charge in [0.05, 0.1) is 6.10 Å². The summed E-state index contributed by atoms with van der Waals surface area (Å²) in [5, 5.41) is 9.36. The molecule has 1 saturated carbocycles. The Hall–Kier alpha value is -0.180. The van der Waals surface area contributed by atoms with Crippen LogP contribution < -0.4 is 0 Å². The fourth-order valence-corrected chi connectivity index (χ4v) is 1.89. The molecular weight excluding hydrogens is 162 g/mol. The van der Waals surface area contributed by atoms with Gasteiger partial charge >= 0.3 is 0 Å². The average Bonchev–Trinajstić information content (AvgIpc) is 2.05. The highest BCUT2D eigenvalue weighted by Gasteiger charge is 2.24. The van der Waals surface area contributed by atoms with E-state index in [1.807, 2.05) is 0 Å². The molecule has 12 heavy (non-hydrogen) atoms. The van der Waals surface area contributed by atoms with Gasteiger partial charge in [0, 0.05) is 6.42 Å². The SMILES string of the molecule is OC(CC(F)F)C1CCCCC1. The molecule has 0 spiro atoms. The van der Waals surface area contributed by atoms with E-state index in [2.05, 4.69) is 0 Å². The minimum absolute atomic E-state index is 0.132. The van der Waals surface area contributed by atoms with Gasteiger partial charge in [-0.2, -0.15) is 0 Å². The summed E-state index contributed by atoms with van der Waals surface area (Å²) in [7, 11) is 0. The summed E-state index contributed by atoms with van der Waals surface area (Å²) in [6.45, 7) is 0. The maximum Gasteiger partial charge on any atom is 0.241 e. The molecule has 0 bridgehead atoms. The summed E-state index contributed by atoms with van der Waals surface area (Å²) >= 11 is 0. The quantitative estimate of drug-likeness (QED) is 0.704. The fourth-order valence-electron chi connectivity index (χ4n) is 1.89. The summed E-state index contributed by atoms with van der Waals surface area (Å²) in [4.78, 5) is 0. The first-order valence-electron chi connectivity index (χ1n) is 4.66. The predicted molar refractivity (Wildman–Crippen MR) is 43.2 cm³/mol. The first-order valence-corrected chi connectivity index (χ1v) is 4.66. The Morgan fingerprint density at radius 1 is 1.17 bits per heavy atom. The molecule has 0 amide bonds. The third-order valence-corrected chi connectivity index (χ3v) is 2.61. The van der Waals surface area contributed by atoms with Crippen LogP contribution in [0.25, 0.3) is 0 Å². The average molecular weight is 178 g/mol. The monoisotopic (exact) mass is 178 g/mol. The molecule has 0 saturated heterocycles. The van der Waals surface area contributed by atoms with Crippen molar-refractivity contribution in [3.63, 3.8) is 0 Å². The highest BCUT2D eigenvalue weighted by Crippen LogP contribution is 2.28. The van der Waals surface area contributed by atoms with E-state index in [9.17, 15) is 13.9 Å². The van der Waals surface area contributed by atoms with Crippen LogP contribution in [-0.2, 0) is 0 Å². The summed E-state index contributed by atoms with van der Waals surface area (Å²) in [5.74, 6) is 0.132. The van der Waals surface area contributed by atoms with Crippen molar-refractivity contribution in [2.45, 2.75) is 51.1 Å². The Kier molecular flexibility index (Phi) is 3.92. The smallest absolute Gasteiger partial charge is 0.241 e. The summed E-state index contributed by atoms with van der Waals surface area (Å²) in [6, 6.07) is 0. The lowest BCUT2D eigenvalue weighted by atomic mass is 9.84. The molecule has 1 atom stereocenters. The lowest BCUT2D eigenvalue weighted by Gasteiger charge is -2.26. The van der Waals surface area contributed by atoms with Crippen molar-refractivity contribution in [2.75, 3.05) is 0 Å². The Bertz CT molecular complexity index is 122. The molecule has 1 aliphatic rings. The Balaban J connectivity index is 2.24. The molecule has 1 aliphatic carbocycles. The lowest BCUT2D eigenvalue weighted by Crippen LogP contribution is -2.24. The summed E-state index contributed by atoms with van der Waals surface area (Å²) < 4.78 is 23.8. The molecule has 1 N–H and O–H groups in total. The zero-order chi connectivity index (χ0) is 8.97. The first-order chi connectivity index (χ1) is 5.70. The van der Waals surface area contributed by atoms with E-state index in [-0.39, 0.29) is 12.3 Å². The van der Waals surface area contributed by atoms with Crippen LogP contribution >= 0.6 is 0 Å². The molecule has 0 aliphatic heterocycles. The highest BCUT2D eigenvalue weighted by molar-refractivity contribution is 4.73. The van der Waals surface area contributed by atoms with E-state index >= 15 is 0 Å². The normalized spacial score (nSPS) is 23.0. The number of aliphatic hydroxyl groups is 1. The van der Waals surface area contributed by atoms with Gasteiger partial charge in [0.15, 0.2) is 0 Å². The largest absolute Gasteiger partial charge is 0.393 e. The molecule has 1 unspecified atom stereocenters. The second-order valence-corrected chi connectivity index (χ2v) is 3.59. The third-order valence-electron chi connectivity index (χ3n) is 2.61. The van der Waals surface area contributed by atoms with Crippen molar-refractivity contribution in [2.24, 2.45) is 5.92 Å². The van der Waals surface area contributed by atoms with Gasteiger partial charge in [0.2, 0.25) is 6.43 Å². The number of aliphatic hydroxyl groups excluding tert-OH is 1. The third kappa shape index (κ3) is 3.05. The second kappa shape index (κ2) is 4.75. The molecule has 0 radical (unpaired) electrons. The van der Waals surface area contributed by atoms with Crippen molar-refractivity contribution in [3.8, 4) is 0 Å². The van der Waals surface area contributed by atoms with Crippen molar-refractivity contribution in [1.82, 2.24) is 0 Å². The maximum absolute atomic E-state index is 11.9. The van der Waals surface area contributed by atoms with Gasteiger partial charge in [0.25, 0.3) is 0 Å². The van der Waals surface area contributed by atoms with Crippen LogP contribution in [0.4, 0.5) is 8.78 Å². The molecule has 0 aromatic carbocycles. The van der Waals surface area contributed by atoms with Crippen molar-refractivity contribution < 1.29 is 13.9 Å². The molecular formula is C9H16F2O. The minimum Gasteiger partial charge on any atom is -0.393 e. The first kappa shape index (κ1) is 9.90. The number of rotatable bonds is 3. The van der Waals surface area contributed by atoms with Gasteiger partial charge in [0.1, 0.15) is 0 Å². The van der Waals surface area contributed by atoms with E-state index in [4.69, 9.17) is 0 Å². The molecule has 1 fully saturated rings. The van der Waals surface area contributed by atoms with Gasteiger partial charge in [-0.05, 0) is 18.8 Å². The van der Waals surface area contributed by atoms with E-state index in [1.165, 1.54) is 6.42 Å². The van der Waals surface area contributed by atoms with Crippen LogP contribution in [0.1, 0.15) is 38.5 Å². The van der Waals surface area contributed by atoms with Crippen LogP contribution in [-0.4, -0.2) is 17.6 Å². The van der Waals surface area contributed by atoms with Crippen molar-refractivity contribution in [3.05, 3.63) is 0 Å². The standard InChI is InChI=1S/C9H16F2O/c10-9(11)6-8(12)7-4-2-1-3-5-7/h7-9,12H,1-6H2. The van der Waals surface area contributed by atoms with Gasteiger partial charge in [-0.25, -0.2) is 8.78 Å². The molecule has 0 aromatic heterocycles. The van der Waals surface area contributed by atoms with Crippen LogP contribution in [0.5, 0.6) is 0 Å². The van der Waals surface area contributed by atoms with E-state index in [0.717, 1.165) is 25.7 Å². The molecule has 1 nitrogen and oxygen atoms in total. The zero-order valence-electron chi connectivity index (χ0n) is 7.18. The summed E-state index contributed by atoms with van der Waals surface area (Å²) in [6.07, 6.45) is 1.74. The number of halogens is 2. The van der Waals surface area contributed by atoms with E-state index in [0.29, 0.717) is 0 Å². The fraction of sp³-hybridized carbons (Fsp3) is 1.00. The second-order valence-electron chi connectivity index (χ2n) is 3.59. The van der Waals surface area contributed by atoms with E-state index < -0.39 is 12.5 Å². The number of hydrogen-bond acceptors (Lipinski definition) is 1. The van der Waals surface area contributed by atoms with Crippen LogP contribution in [0.2, 0.25) is 0 Å². The van der Waals surface area contributed by atoms with Crippen LogP contribution in [0.15, 0.2) is 0 Å². The maximum atomic E-state index is 11.9. The number of hydrogen-bond donors (Lipinski definition) is 1. The predicted octanol–water partition coefficient (Wildman–Crippen LogP) is 2.58. The molecule has 0 heterocycles. The van der Waals surface area contributed by atoms with Crippen molar-refractivity contribution >= 4 is 0 Å². The topological polar surface area (TPSA) is 20.2 Å². The summed E-state index contributed by atoms with van der Waals surface area (Å²) in [5.41, 5.74) is 0. The lowest BCUT2D eigenvalue weighted by molar-refractivity contribution is 0.0181. The Morgan fingerprint density at radius 2 is 1.75 bits per heavy atom. The molecule has 72 valence electrons. The van der Waals surface area contributed by atoms with Crippen LogP contribution in [0.3, 0.4) is 0 Å². The van der Waals surface area contributed by atoms with Gasteiger partial charge < -0.3 is 5.11 Å². The highest BCUT2D eigenvalue weighted by atomic mass is 19.3. The van der Waals surface area contributed by atoms with Gasteiger partial charge in [-0.3, -0.25) is 0 Å². The Labute approximate surface area is 71.8 Å². The zero-order valence-corrected chi connectivity index (χ0v) is 7.18. The van der Waals surface area contributed by atoms with Gasteiger partial charge in [-0.15, -0.1) is 0 Å². The Morgan fingerprint density at radius 3 is 2.25 bits per heavy atom. The minimum atomic E-state index is -2.36. The van der Waals surface area contributed by atoms with Crippen molar-refractivity contribution in [1.29, 1.82) is 0 Å². The van der Waals surface area contributed by atoms with Crippen LogP contribution in [0, 0.1) is 5.92 Å². The van der Waals surface area contributed by atoms with E-state index in [1.54, 1.807) is 0 Å². The van der Waals surface area contributed by atoms with Gasteiger partial charge in [-0.1, -0.05) is 19.3 Å². The molecule has 0 aromatic rings. The molecule has 3 heteroatoms.